The van der Waals surface area contributed by atoms with Crippen molar-refractivity contribution in [3.8, 4) is 0 Å². The second-order valence-electron chi connectivity index (χ2n) is 13.3. The average Bonchev–Trinajstić information content (AvgIpc) is 3.20. The first-order chi connectivity index (χ1) is 20.1. The highest BCUT2D eigenvalue weighted by Gasteiger charge is 2.52. The maximum absolute atomic E-state index is 14.4. The van der Waals surface area contributed by atoms with Gasteiger partial charge >= 0.3 is 0 Å². The molecule has 1 aromatic rings. The zero-order chi connectivity index (χ0) is 32.1. The highest BCUT2D eigenvalue weighted by Crippen LogP contribution is 2.48. The first-order valence-corrected chi connectivity index (χ1v) is 15.5. The van der Waals surface area contributed by atoms with Crippen molar-refractivity contribution >= 4 is 35.0 Å². The van der Waals surface area contributed by atoms with Gasteiger partial charge in [0.2, 0.25) is 0 Å². The van der Waals surface area contributed by atoms with Gasteiger partial charge in [-0.1, -0.05) is 70.5 Å². The molecule has 1 unspecified atom stereocenters. The number of hydrogen-bond acceptors (Lipinski definition) is 4. The van der Waals surface area contributed by atoms with Crippen LogP contribution in [-0.2, 0) is 9.59 Å². The molecule has 1 aromatic carbocycles. The minimum atomic E-state index is -0.727. The summed E-state index contributed by atoms with van der Waals surface area (Å²) in [5.74, 6) is -0.346. The Bertz CT molecular complexity index is 1330. The second-order valence-corrected chi connectivity index (χ2v) is 13.7. The Labute approximate surface area is 261 Å². The molecule has 7 nitrogen and oxygen atoms in total. The minimum Gasteiger partial charge on any atom is -0.386 e. The van der Waals surface area contributed by atoms with E-state index in [9.17, 15) is 14.0 Å². The van der Waals surface area contributed by atoms with Crippen molar-refractivity contribution in [2.45, 2.75) is 91.8 Å². The molecular weight excluding hydrogens is 565 g/mol. The van der Waals surface area contributed by atoms with Crippen molar-refractivity contribution in [2.24, 2.45) is 28.0 Å². The van der Waals surface area contributed by atoms with E-state index in [1.165, 1.54) is 18.2 Å². The molecule has 4 N–H and O–H groups in total. The van der Waals surface area contributed by atoms with Crippen LogP contribution in [0.3, 0.4) is 0 Å². The summed E-state index contributed by atoms with van der Waals surface area (Å²) in [7, 11) is 0. The molecule has 1 heterocycles. The van der Waals surface area contributed by atoms with Gasteiger partial charge < -0.3 is 16.0 Å². The van der Waals surface area contributed by atoms with Gasteiger partial charge in [-0.05, 0) is 87.0 Å². The van der Waals surface area contributed by atoms with Gasteiger partial charge in [0.15, 0.2) is 0 Å². The van der Waals surface area contributed by atoms with Crippen molar-refractivity contribution in [2.75, 3.05) is 6.54 Å². The lowest BCUT2D eigenvalue weighted by Crippen LogP contribution is -2.55. The third kappa shape index (κ3) is 8.22. The number of carbonyl (C=O) groups excluding carboxylic acids is 2. The molecule has 0 aromatic heterocycles. The van der Waals surface area contributed by atoms with E-state index >= 15 is 0 Å². The summed E-state index contributed by atoms with van der Waals surface area (Å²) in [6.07, 6.45) is 9.94. The number of nitrogens with two attached hydrogens (primary N) is 1. The van der Waals surface area contributed by atoms with Gasteiger partial charge in [-0.2, -0.15) is 0 Å². The van der Waals surface area contributed by atoms with Gasteiger partial charge in [-0.25, -0.2) is 4.39 Å². The zero-order valence-electron chi connectivity index (χ0n) is 26.4. The monoisotopic (exact) mass is 611 g/mol. The fourth-order valence-corrected chi connectivity index (χ4v) is 6.25. The number of amides is 2. The standard InChI is InChI=1S/C34H47ClFN5O2/c1-8-23(31(42)39-20-29(37)38)11-10-22(4)28(14-9-21(2)3)41-32(43)30(24-12-13-27(36)26(35)19-24)40-34(41)17-15-25(16-18-34)33(5,6)7/h8,10-13,19,21,25,28H,1,9,14-18,20H2,2-7H3,(H3,37,38)(H,39,42)/b22-10+,23-11+. The summed E-state index contributed by atoms with van der Waals surface area (Å²) in [6.45, 7) is 16.8. The number of aliphatic imine (C=N–C) groups is 1. The van der Waals surface area contributed by atoms with E-state index in [1.807, 2.05) is 17.9 Å². The van der Waals surface area contributed by atoms with Gasteiger partial charge in [-0.15, -0.1) is 0 Å². The van der Waals surface area contributed by atoms with Crippen LogP contribution in [0.2, 0.25) is 5.02 Å². The highest BCUT2D eigenvalue weighted by atomic mass is 35.5. The second kappa shape index (κ2) is 14.0. The molecule has 43 heavy (non-hydrogen) atoms. The van der Waals surface area contributed by atoms with Crippen LogP contribution in [0.1, 0.15) is 85.6 Å². The molecular formula is C34H47ClFN5O2. The van der Waals surface area contributed by atoms with Crippen LogP contribution in [0.25, 0.3) is 0 Å². The van der Waals surface area contributed by atoms with E-state index in [-0.39, 0.29) is 40.7 Å². The minimum absolute atomic E-state index is 0.0467. The summed E-state index contributed by atoms with van der Waals surface area (Å²) in [5, 5.41) is 9.94. The van der Waals surface area contributed by atoms with E-state index in [1.54, 1.807) is 12.1 Å². The largest absolute Gasteiger partial charge is 0.386 e. The third-order valence-electron chi connectivity index (χ3n) is 8.70. The van der Waals surface area contributed by atoms with Gasteiger partial charge in [0.1, 0.15) is 23.0 Å². The Morgan fingerprint density at radius 3 is 2.47 bits per heavy atom. The molecule has 1 atom stereocenters. The Kier molecular flexibility index (Phi) is 11.2. The molecule has 1 saturated carbocycles. The molecule has 2 amide bonds. The van der Waals surface area contributed by atoms with Crippen molar-refractivity contribution in [1.82, 2.24) is 10.2 Å². The molecule has 0 radical (unpaired) electrons. The normalized spacial score (nSPS) is 22.2. The smallest absolute Gasteiger partial charge is 0.275 e. The molecule has 1 aliphatic heterocycles. The lowest BCUT2D eigenvalue weighted by atomic mass is 9.69. The van der Waals surface area contributed by atoms with E-state index in [2.05, 4.69) is 46.5 Å². The van der Waals surface area contributed by atoms with Crippen LogP contribution in [0, 0.1) is 28.5 Å². The lowest BCUT2D eigenvalue weighted by molar-refractivity contribution is -0.132. The molecule has 1 aliphatic carbocycles. The van der Waals surface area contributed by atoms with Crippen LogP contribution in [0.4, 0.5) is 4.39 Å². The van der Waals surface area contributed by atoms with Crippen molar-refractivity contribution in [3.05, 3.63) is 70.6 Å². The maximum Gasteiger partial charge on any atom is 0.275 e. The number of rotatable bonds is 11. The molecule has 1 fully saturated rings. The number of nitrogens with zero attached hydrogens (tertiary/aromatic N) is 2. The van der Waals surface area contributed by atoms with Crippen molar-refractivity contribution < 1.29 is 14.0 Å². The van der Waals surface area contributed by atoms with E-state index in [0.29, 0.717) is 28.7 Å². The molecule has 234 valence electrons. The quantitative estimate of drug-likeness (QED) is 0.109. The number of carbonyl (C=O) groups is 2. The summed E-state index contributed by atoms with van der Waals surface area (Å²) in [5.41, 5.74) is 6.87. The summed E-state index contributed by atoms with van der Waals surface area (Å²) >= 11 is 6.14. The van der Waals surface area contributed by atoms with Gasteiger partial charge in [0.05, 0.1) is 17.6 Å². The van der Waals surface area contributed by atoms with E-state index in [0.717, 1.165) is 44.1 Å². The van der Waals surface area contributed by atoms with Crippen LogP contribution in [0.15, 0.2) is 59.1 Å². The summed E-state index contributed by atoms with van der Waals surface area (Å²) in [6, 6.07) is 4.05. The number of nitrogens with one attached hydrogen (secondary N) is 2. The van der Waals surface area contributed by atoms with Gasteiger partial charge in [0.25, 0.3) is 11.8 Å². The van der Waals surface area contributed by atoms with Gasteiger partial charge in [0, 0.05) is 11.1 Å². The van der Waals surface area contributed by atoms with Gasteiger partial charge in [-0.3, -0.25) is 20.0 Å². The highest BCUT2D eigenvalue weighted by molar-refractivity contribution is 6.47. The number of amidine groups is 1. The molecule has 3 rings (SSSR count). The SMILES string of the molecule is C=C/C(=C\C=C(/C)C(CCC(C)C)N1C(=O)C(c2ccc(F)c(Cl)c2)=NC12CCC(C(C)(C)C)CC2)C(=O)NCC(=N)N. The molecule has 1 spiro atoms. The first kappa shape index (κ1) is 34.2. The Balaban J connectivity index is 2.08. The Morgan fingerprint density at radius 2 is 1.93 bits per heavy atom. The zero-order valence-corrected chi connectivity index (χ0v) is 27.2. The fourth-order valence-electron chi connectivity index (χ4n) is 6.07. The predicted octanol–water partition coefficient (Wildman–Crippen LogP) is 6.96. The number of allylic oxidation sites excluding steroid dienone is 2. The van der Waals surface area contributed by atoms with Crippen molar-refractivity contribution in [3.63, 3.8) is 0 Å². The number of benzene rings is 1. The van der Waals surface area contributed by atoms with Crippen LogP contribution in [-0.4, -0.2) is 46.5 Å². The van der Waals surface area contributed by atoms with Crippen LogP contribution < -0.4 is 11.1 Å². The molecule has 2 aliphatic rings. The van der Waals surface area contributed by atoms with E-state index in [4.69, 9.17) is 27.7 Å². The predicted molar refractivity (Wildman–Crippen MR) is 174 cm³/mol. The first-order valence-electron chi connectivity index (χ1n) is 15.1. The van der Waals surface area contributed by atoms with E-state index < -0.39 is 11.5 Å². The fraction of sp³-hybridized carbons (Fsp3) is 0.529. The van der Waals surface area contributed by atoms with Crippen LogP contribution in [0.5, 0.6) is 0 Å². The number of halogens is 2. The summed E-state index contributed by atoms with van der Waals surface area (Å²) in [4.78, 5) is 34.2. The molecule has 0 bridgehead atoms. The van der Waals surface area contributed by atoms with Crippen LogP contribution >= 0.6 is 11.6 Å². The van der Waals surface area contributed by atoms with Crippen molar-refractivity contribution in [1.29, 1.82) is 5.41 Å². The summed E-state index contributed by atoms with van der Waals surface area (Å²) < 4.78 is 14.1. The lowest BCUT2D eigenvalue weighted by Gasteiger charge is -2.47. The average molecular weight is 612 g/mol. The molecule has 9 heteroatoms. The molecule has 0 saturated heterocycles. The third-order valence-corrected chi connectivity index (χ3v) is 8.99. The maximum atomic E-state index is 14.4. The number of hydrogen-bond donors (Lipinski definition) is 3. The Hall–Kier alpha value is -3.26. The topological polar surface area (TPSA) is 112 Å². The Morgan fingerprint density at radius 1 is 1.28 bits per heavy atom.